The first-order chi connectivity index (χ1) is 14.1. The van der Waals surface area contributed by atoms with Gasteiger partial charge in [-0.2, -0.15) is 0 Å². The van der Waals surface area contributed by atoms with Gasteiger partial charge >= 0.3 is 0 Å². The minimum Gasteiger partial charge on any atom is -0.497 e. The van der Waals surface area contributed by atoms with Crippen LogP contribution in [0, 0.1) is 13.8 Å². The summed E-state index contributed by atoms with van der Waals surface area (Å²) in [7, 11) is 1.68. The summed E-state index contributed by atoms with van der Waals surface area (Å²) in [6, 6.07) is 12.9. The maximum absolute atomic E-state index is 5.28. The Balaban J connectivity index is 1.88. The molecule has 5 heteroatoms. The van der Waals surface area contributed by atoms with Gasteiger partial charge in [0.15, 0.2) is 11.0 Å². The van der Waals surface area contributed by atoms with Gasteiger partial charge in [0.05, 0.1) is 7.11 Å². The second kappa shape index (κ2) is 8.84. The summed E-state index contributed by atoms with van der Waals surface area (Å²) in [5, 5.41) is 10.0. The molecule has 160 valence electrons. The lowest BCUT2D eigenvalue weighted by molar-refractivity contribution is 0.415. The fourth-order valence-electron chi connectivity index (χ4n) is 3.57. The number of rotatable bonds is 6. The van der Waals surface area contributed by atoms with Crippen LogP contribution >= 0.6 is 11.8 Å². The Morgan fingerprint density at radius 1 is 1.00 bits per heavy atom. The highest BCUT2D eigenvalue weighted by Gasteiger charge is 2.19. The molecule has 0 aliphatic rings. The van der Waals surface area contributed by atoms with Crippen LogP contribution in [-0.4, -0.2) is 21.9 Å². The van der Waals surface area contributed by atoms with Crippen molar-refractivity contribution in [2.24, 2.45) is 0 Å². The summed E-state index contributed by atoms with van der Waals surface area (Å²) in [5.41, 5.74) is 6.67. The molecule has 0 bridgehead atoms. The summed E-state index contributed by atoms with van der Waals surface area (Å²) in [6.07, 6.45) is 0. The van der Waals surface area contributed by atoms with Crippen LogP contribution in [0.1, 0.15) is 62.9 Å². The normalized spacial score (nSPS) is 11.9. The predicted molar refractivity (Wildman–Crippen MR) is 127 cm³/mol. The highest BCUT2D eigenvalue weighted by Crippen LogP contribution is 2.33. The fraction of sp³-hybridized carbons (Fsp3) is 0.440. The lowest BCUT2D eigenvalue weighted by atomic mass is 9.84. The topological polar surface area (TPSA) is 39.9 Å². The van der Waals surface area contributed by atoms with E-state index in [0.717, 1.165) is 28.0 Å². The molecule has 0 saturated carbocycles. The van der Waals surface area contributed by atoms with E-state index in [1.165, 1.54) is 22.3 Å². The van der Waals surface area contributed by atoms with Crippen LogP contribution in [0.5, 0.6) is 5.75 Å². The monoisotopic (exact) mass is 423 g/mol. The standard InChI is InChI=1S/C25H33N3OS/c1-16(2)28-23(19-9-11-21(29-8)12-10-19)26-27-24(28)30-15-22-17(3)13-20(14-18(22)4)25(5,6)7/h9-14,16H,15H2,1-8H3. The van der Waals surface area contributed by atoms with Crippen molar-refractivity contribution in [1.29, 1.82) is 0 Å². The van der Waals surface area contributed by atoms with Crippen LogP contribution in [0.25, 0.3) is 11.4 Å². The quantitative estimate of drug-likeness (QED) is 0.412. The Kier molecular flexibility index (Phi) is 6.61. The van der Waals surface area contributed by atoms with Crippen LogP contribution in [0.4, 0.5) is 0 Å². The fourth-order valence-corrected chi connectivity index (χ4v) is 4.83. The smallest absolute Gasteiger partial charge is 0.192 e. The Labute approximate surface area is 185 Å². The van der Waals surface area contributed by atoms with Crippen molar-refractivity contribution in [1.82, 2.24) is 14.8 Å². The highest BCUT2D eigenvalue weighted by atomic mass is 32.2. The molecule has 1 aromatic heterocycles. The zero-order valence-electron chi connectivity index (χ0n) is 19.4. The number of aryl methyl sites for hydroxylation is 2. The number of hydrogen-bond donors (Lipinski definition) is 0. The number of methoxy groups -OCH3 is 1. The molecule has 0 spiro atoms. The molecule has 0 atom stereocenters. The molecule has 3 aromatic rings. The van der Waals surface area contributed by atoms with Gasteiger partial charge in [0.25, 0.3) is 0 Å². The average Bonchev–Trinajstić information content (AvgIpc) is 3.10. The maximum atomic E-state index is 5.28. The van der Waals surface area contributed by atoms with Crippen molar-refractivity contribution >= 4 is 11.8 Å². The van der Waals surface area contributed by atoms with Crippen molar-refractivity contribution in [3.63, 3.8) is 0 Å². The molecule has 0 unspecified atom stereocenters. The highest BCUT2D eigenvalue weighted by molar-refractivity contribution is 7.98. The summed E-state index contributed by atoms with van der Waals surface area (Å²) < 4.78 is 7.50. The maximum Gasteiger partial charge on any atom is 0.192 e. The Hall–Kier alpha value is -2.27. The molecule has 0 radical (unpaired) electrons. The molecule has 1 heterocycles. The minimum absolute atomic E-state index is 0.159. The first-order valence-corrected chi connectivity index (χ1v) is 11.4. The van der Waals surface area contributed by atoms with Gasteiger partial charge in [-0.3, -0.25) is 4.57 Å². The van der Waals surface area contributed by atoms with Gasteiger partial charge < -0.3 is 4.74 Å². The van der Waals surface area contributed by atoms with Crippen molar-refractivity contribution in [2.75, 3.05) is 7.11 Å². The van der Waals surface area contributed by atoms with Gasteiger partial charge in [-0.15, -0.1) is 10.2 Å². The number of nitrogens with zero attached hydrogens (tertiary/aromatic N) is 3. The lowest BCUT2D eigenvalue weighted by Gasteiger charge is -2.22. The molecule has 30 heavy (non-hydrogen) atoms. The molecular formula is C25H33N3OS. The van der Waals surface area contributed by atoms with Crippen LogP contribution < -0.4 is 4.74 Å². The molecule has 0 aliphatic heterocycles. The van der Waals surface area contributed by atoms with E-state index in [-0.39, 0.29) is 11.5 Å². The number of ether oxygens (including phenoxy) is 1. The molecule has 0 saturated heterocycles. The number of thioether (sulfide) groups is 1. The van der Waals surface area contributed by atoms with Gasteiger partial charge in [0.1, 0.15) is 5.75 Å². The van der Waals surface area contributed by atoms with Crippen molar-refractivity contribution in [3.05, 3.63) is 58.7 Å². The Morgan fingerprint density at radius 2 is 1.60 bits per heavy atom. The van der Waals surface area contributed by atoms with E-state index in [2.05, 4.69) is 75.4 Å². The predicted octanol–water partition coefficient (Wildman–Crippen LogP) is 6.74. The summed E-state index contributed by atoms with van der Waals surface area (Å²) in [6.45, 7) is 15.6. The lowest BCUT2D eigenvalue weighted by Crippen LogP contribution is -2.12. The van der Waals surface area contributed by atoms with Gasteiger partial charge in [-0.25, -0.2) is 0 Å². The Bertz CT molecular complexity index is 991. The third-order valence-electron chi connectivity index (χ3n) is 5.44. The summed E-state index contributed by atoms with van der Waals surface area (Å²) in [5.74, 6) is 2.62. The molecule has 0 fully saturated rings. The Morgan fingerprint density at radius 3 is 2.10 bits per heavy atom. The van der Waals surface area contributed by atoms with E-state index >= 15 is 0 Å². The number of aromatic nitrogens is 3. The third kappa shape index (κ3) is 4.72. The van der Waals surface area contributed by atoms with Gasteiger partial charge in [0, 0.05) is 17.4 Å². The zero-order valence-corrected chi connectivity index (χ0v) is 20.2. The van der Waals surface area contributed by atoms with E-state index in [1.54, 1.807) is 18.9 Å². The van der Waals surface area contributed by atoms with E-state index < -0.39 is 0 Å². The van der Waals surface area contributed by atoms with Gasteiger partial charge in [0.2, 0.25) is 0 Å². The number of hydrogen-bond acceptors (Lipinski definition) is 4. The molecule has 0 N–H and O–H groups in total. The second-order valence-electron chi connectivity index (χ2n) is 9.13. The molecular weight excluding hydrogens is 390 g/mol. The van der Waals surface area contributed by atoms with Gasteiger partial charge in [-0.05, 0) is 79.6 Å². The molecule has 0 aliphatic carbocycles. The largest absolute Gasteiger partial charge is 0.497 e. The third-order valence-corrected chi connectivity index (χ3v) is 6.41. The molecule has 4 nitrogen and oxygen atoms in total. The van der Waals surface area contributed by atoms with Crippen LogP contribution in [0.3, 0.4) is 0 Å². The van der Waals surface area contributed by atoms with Crippen LogP contribution in [0.15, 0.2) is 41.6 Å². The van der Waals surface area contributed by atoms with E-state index in [9.17, 15) is 0 Å². The first kappa shape index (κ1) is 22.4. The van der Waals surface area contributed by atoms with E-state index in [4.69, 9.17) is 4.74 Å². The van der Waals surface area contributed by atoms with Crippen molar-refractivity contribution < 1.29 is 4.74 Å². The molecule has 3 rings (SSSR count). The second-order valence-corrected chi connectivity index (χ2v) is 10.1. The van der Waals surface area contributed by atoms with Crippen molar-refractivity contribution in [2.45, 2.75) is 70.8 Å². The summed E-state index contributed by atoms with van der Waals surface area (Å²) >= 11 is 1.76. The minimum atomic E-state index is 0.159. The van der Waals surface area contributed by atoms with Crippen LogP contribution in [0.2, 0.25) is 0 Å². The van der Waals surface area contributed by atoms with E-state index in [1.807, 2.05) is 24.3 Å². The first-order valence-electron chi connectivity index (χ1n) is 10.4. The summed E-state index contributed by atoms with van der Waals surface area (Å²) in [4.78, 5) is 0. The average molecular weight is 424 g/mol. The molecule has 2 aromatic carbocycles. The SMILES string of the molecule is COc1ccc(-c2nnc(SCc3c(C)cc(C(C)(C)C)cc3C)n2C(C)C)cc1. The zero-order chi connectivity index (χ0) is 22.1. The van der Waals surface area contributed by atoms with E-state index in [0.29, 0.717) is 0 Å². The van der Waals surface area contributed by atoms with Crippen molar-refractivity contribution in [3.8, 4) is 17.1 Å². The van der Waals surface area contributed by atoms with Gasteiger partial charge in [-0.1, -0.05) is 44.7 Å². The number of benzene rings is 2. The van der Waals surface area contributed by atoms with Crippen LogP contribution in [-0.2, 0) is 11.2 Å². The molecule has 0 amide bonds.